The Labute approximate surface area is 197 Å². The molecule has 33 heavy (non-hydrogen) atoms. The number of carbonyl (C=O) groups is 2. The lowest BCUT2D eigenvalue weighted by molar-refractivity contribution is -0.120. The molecule has 7 nitrogen and oxygen atoms in total. The Kier molecular flexibility index (Phi) is 8.79. The summed E-state index contributed by atoms with van der Waals surface area (Å²) in [5.74, 6) is 0.299. The zero-order valence-electron chi connectivity index (χ0n) is 19.5. The molecule has 1 amide bonds. The van der Waals surface area contributed by atoms with Gasteiger partial charge < -0.3 is 18.8 Å². The number of ether oxygens (including phenoxy) is 3. The van der Waals surface area contributed by atoms with Gasteiger partial charge in [-0.1, -0.05) is 37.3 Å². The molecule has 0 aliphatic carbocycles. The average molecular weight is 471 g/mol. The highest BCUT2D eigenvalue weighted by atomic mass is 32.1. The number of esters is 1. The van der Waals surface area contributed by atoms with Gasteiger partial charge in [-0.25, -0.2) is 4.79 Å². The highest BCUT2D eigenvalue weighted by Gasteiger charge is 2.13. The minimum absolute atomic E-state index is 0.158. The smallest absolute Gasteiger partial charge is 0.338 e. The second-order valence-corrected chi connectivity index (χ2v) is 8.66. The number of aromatic nitrogens is 1. The minimum Gasteiger partial charge on any atom is -0.484 e. The van der Waals surface area contributed by atoms with Crippen molar-refractivity contribution in [3.05, 3.63) is 58.4 Å². The van der Waals surface area contributed by atoms with E-state index in [9.17, 15) is 9.59 Å². The average Bonchev–Trinajstić information content (AvgIpc) is 3.14. The Balaban J connectivity index is 1.84. The first-order valence-corrected chi connectivity index (χ1v) is 11.9. The lowest BCUT2D eigenvalue weighted by atomic mass is 10.0. The van der Waals surface area contributed by atoms with Crippen LogP contribution in [0.4, 0.5) is 0 Å². The fourth-order valence-electron chi connectivity index (χ4n) is 3.25. The van der Waals surface area contributed by atoms with Gasteiger partial charge in [-0.2, -0.15) is 4.99 Å². The van der Waals surface area contributed by atoms with Gasteiger partial charge in [-0.15, -0.1) is 0 Å². The van der Waals surface area contributed by atoms with E-state index in [2.05, 4.69) is 18.8 Å². The second-order valence-electron chi connectivity index (χ2n) is 7.65. The van der Waals surface area contributed by atoms with E-state index < -0.39 is 0 Å². The molecule has 3 rings (SSSR count). The number of benzene rings is 2. The lowest BCUT2D eigenvalue weighted by Gasteiger charge is -2.08. The maximum atomic E-state index is 12.6. The van der Waals surface area contributed by atoms with E-state index in [1.54, 1.807) is 19.1 Å². The second kappa shape index (κ2) is 11.8. The molecule has 0 aliphatic rings. The van der Waals surface area contributed by atoms with Crippen molar-refractivity contribution in [1.29, 1.82) is 0 Å². The van der Waals surface area contributed by atoms with E-state index in [1.165, 1.54) is 16.9 Å². The SMILES string of the molecule is CCOCCn1c(=NC(=O)COc2ccc(C(C)C)cc2)sc2cc(C(=O)OCC)ccc21. The predicted octanol–water partition coefficient (Wildman–Crippen LogP) is 4.55. The van der Waals surface area contributed by atoms with Crippen LogP contribution >= 0.6 is 11.3 Å². The number of fused-ring (bicyclic) bond motifs is 1. The Morgan fingerprint density at radius 1 is 1.06 bits per heavy atom. The van der Waals surface area contributed by atoms with Crippen LogP contribution in [0.2, 0.25) is 0 Å². The summed E-state index contributed by atoms with van der Waals surface area (Å²) in [5.41, 5.74) is 2.55. The van der Waals surface area contributed by atoms with E-state index in [4.69, 9.17) is 14.2 Å². The Morgan fingerprint density at radius 3 is 2.48 bits per heavy atom. The number of nitrogens with zero attached hydrogens (tertiary/aromatic N) is 2. The first-order valence-electron chi connectivity index (χ1n) is 11.1. The minimum atomic E-state index is -0.384. The van der Waals surface area contributed by atoms with E-state index in [0.29, 0.717) is 48.4 Å². The molecule has 3 aromatic rings. The molecular formula is C25H30N2O5S. The monoisotopic (exact) mass is 470 g/mol. The van der Waals surface area contributed by atoms with Gasteiger partial charge in [-0.3, -0.25) is 4.79 Å². The molecule has 2 aromatic carbocycles. The predicted molar refractivity (Wildman–Crippen MR) is 129 cm³/mol. The van der Waals surface area contributed by atoms with Crippen LogP contribution in [0.5, 0.6) is 5.75 Å². The van der Waals surface area contributed by atoms with Crippen LogP contribution < -0.4 is 9.54 Å². The zero-order valence-corrected chi connectivity index (χ0v) is 20.3. The fraction of sp³-hybridized carbons (Fsp3) is 0.400. The van der Waals surface area contributed by atoms with Crippen LogP contribution in [0.25, 0.3) is 10.2 Å². The third-order valence-corrected chi connectivity index (χ3v) is 6.03. The van der Waals surface area contributed by atoms with Gasteiger partial charge in [0.2, 0.25) is 0 Å². The van der Waals surface area contributed by atoms with Gasteiger partial charge in [0.25, 0.3) is 5.91 Å². The maximum Gasteiger partial charge on any atom is 0.338 e. The summed E-state index contributed by atoms with van der Waals surface area (Å²) in [5, 5.41) is 0. The van der Waals surface area contributed by atoms with Gasteiger partial charge in [-0.05, 0) is 55.7 Å². The largest absolute Gasteiger partial charge is 0.484 e. The molecule has 0 N–H and O–H groups in total. The quantitative estimate of drug-likeness (QED) is 0.321. The first kappa shape index (κ1) is 24.7. The van der Waals surface area contributed by atoms with Crippen molar-refractivity contribution in [2.75, 3.05) is 26.4 Å². The Morgan fingerprint density at radius 2 is 1.82 bits per heavy atom. The first-order chi connectivity index (χ1) is 15.9. The molecule has 0 aliphatic heterocycles. The zero-order chi connectivity index (χ0) is 23.8. The number of rotatable bonds is 10. The molecule has 0 saturated heterocycles. The summed E-state index contributed by atoms with van der Waals surface area (Å²) < 4.78 is 19.0. The standard InChI is InChI=1S/C25H30N2O5S/c1-5-30-14-13-27-21-12-9-19(24(29)31-6-2)15-22(21)33-25(27)26-23(28)16-32-20-10-7-18(8-11-20)17(3)4/h7-12,15,17H,5-6,13-14,16H2,1-4H3. The van der Waals surface area contributed by atoms with Gasteiger partial charge in [0.15, 0.2) is 11.4 Å². The van der Waals surface area contributed by atoms with Crippen LogP contribution in [0, 0.1) is 0 Å². The normalized spacial score (nSPS) is 11.8. The molecule has 0 fully saturated rings. The summed E-state index contributed by atoms with van der Waals surface area (Å²) in [6, 6.07) is 13.1. The number of thiazole rings is 1. The molecule has 1 heterocycles. The van der Waals surface area contributed by atoms with Crippen molar-refractivity contribution in [1.82, 2.24) is 4.57 Å². The molecule has 0 radical (unpaired) electrons. The van der Waals surface area contributed by atoms with Crippen LogP contribution in [0.15, 0.2) is 47.5 Å². The lowest BCUT2D eigenvalue weighted by Crippen LogP contribution is -2.21. The molecule has 8 heteroatoms. The molecule has 0 bridgehead atoms. The van der Waals surface area contributed by atoms with Crippen LogP contribution in [-0.4, -0.2) is 42.9 Å². The fourth-order valence-corrected chi connectivity index (χ4v) is 4.36. The molecule has 0 saturated carbocycles. The summed E-state index contributed by atoms with van der Waals surface area (Å²) >= 11 is 1.34. The van der Waals surface area contributed by atoms with Crippen LogP contribution in [0.3, 0.4) is 0 Å². The van der Waals surface area contributed by atoms with Crippen molar-refractivity contribution in [2.45, 2.75) is 40.2 Å². The highest BCUT2D eigenvalue weighted by Crippen LogP contribution is 2.21. The third kappa shape index (κ3) is 6.52. The van der Waals surface area contributed by atoms with Crippen molar-refractivity contribution in [3.8, 4) is 5.75 Å². The Hall–Kier alpha value is -2.97. The summed E-state index contributed by atoms with van der Waals surface area (Å²) in [6.45, 7) is 9.73. The van der Waals surface area contributed by atoms with Crippen LogP contribution in [0.1, 0.15) is 49.5 Å². The molecular weight excluding hydrogens is 440 g/mol. The maximum absolute atomic E-state index is 12.6. The molecule has 176 valence electrons. The molecule has 1 aromatic heterocycles. The van der Waals surface area contributed by atoms with Crippen molar-refractivity contribution < 1.29 is 23.8 Å². The number of hydrogen-bond acceptors (Lipinski definition) is 6. The van der Waals surface area contributed by atoms with Gasteiger partial charge in [0.05, 0.1) is 29.0 Å². The van der Waals surface area contributed by atoms with Crippen LogP contribution in [-0.2, 0) is 20.8 Å². The van der Waals surface area contributed by atoms with Gasteiger partial charge in [0, 0.05) is 13.2 Å². The van der Waals surface area contributed by atoms with E-state index in [1.807, 2.05) is 41.8 Å². The topological polar surface area (TPSA) is 79.1 Å². The van der Waals surface area contributed by atoms with Crippen molar-refractivity contribution >= 4 is 33.4 Å². The highest BCUT2D eigenvalue weighted by molar-refractivity contribution is 7.16. The number of amides is 1. The van der Waals surface area contributed by atoms with Gasteiger partial charge in [0.1, 0.15) is 5.75 Å². The Bertz CT molecular complexity index is 1160. The van der Waals surface area contributed by atoms with E-state index in [-0.39, 0.29) is 18.5 Å². The molecule has 0 spiro atoms. The number of carbonyl (C=O) groups excluding carboxylic acids is 2. The van der Waals surface area contributed by atoms with Gasteiger partial charge >= 0.3 is 5.97 Å². The molecule has 0 atom stereocenters. The third-order valence-electron chi connectivity index (χ3n) is 4.99. The number of hydrogen-bond donors (Lipinski definition) is 0. The molecule has 0 unspecified atom stereocenters. The van der Waals surface area contributed by atoms with Crippen molar-refractivity contribution in [3.63, 3.8) is 0 Å². The summed E-state index contributed by atoms with van der Waals surface area (Å²) in [6.07, 6.45) is 0. The summed E-state index contributed by atoms with van der Waals surface area (Å²) in [7, 11) is 0. The van der Waals surface area contributed by atoms with E-state index >= 15 is 0 Å². The van der Waals surface area contributed by atoms with E-state index in [0.717, 1.165) is 10.2 Å². The van der Waals surface area contributed by atoms with Crippen molar-refractivity contribution in [2.24, 2.45) is 4.99 Å². The summed E-state index contributed by atoms with van der Waals surface area (Å²) in [4.78, 5) is 29.5.